The molecule has 1 atom stereocenters. The molecule has 17 heavy (non-hydrogen) atoms. The fourth-order valence-corrected chi connectivity index (χ4v) is 4.04. The van der Waals surface area contributed by atoms with Crippen molar-refractivity contribution in [2.24, 2.45) is 5.92 Å². The van der Waals surface area contributed by atoms with Crippen LogP contribution in [0.15, 0.2) is 10.3 Å². The smallest absolute Gasteiger partial charge is 0.250 e. The van der Waals surface area contributed by atoms with Gasteiger partial charge in [0.15, 0.2) is 0 Å². The van der Waals surface area contributed by atoms with E-state index < -0.39 is 10.0 Å². The number of aliphatic hydroxyl groups excluding tert-OH is 1. The first kappa shape index (κ1) is 14.6. The molecule has 2 N–H and O–H groups in total. The van der Waals surface area contributed by atoms with Crippen molar-refractivity contribution in [3.63, 3.8) is 0 Å². The van der Waals surface area contributed by atoms with Crippen LogP contribution in [0.1, 0.15) is 23.8 Å². The van der Waals surface area contributed by atoms with E-state index in [2.05, 4.69) is 4.72 Å². The highest BCUT2D eigenvalue weighted by Gasteiger charge is 2.18. The minimum absolute atomic E-state index is 0.0834. The lowest BCUT2D eigenvalue weighted by atomic mass is 10.1. The molecule has 0 fully saturated rings. The average Bonchev–Trinajstić information content (AvgIpc) is 2.58. The van der Waals surface area contributed by atoms with Crippen LogP contribution >= 0.6 is 11.3 Å². The molecular weight excluding hydrogens is 258 g/mol. The number of sulfonamides is 1. The van der Waals surface area contributed by atoms with E-state index in [0.29, 0.717) is 17.2 Å². The van der Waals surface area contributed by atoms with Crippen LogP contribution in [0.25, 0.3) is 0 Å². The molecule has 0 aliphatic rings. The molecule has 0 amide bonds. The van der Waals surface area contributed by atoms with Gasteiger partial charge in [-0.25, -0.2) is 13.1 Å². The Morgan fingerprint density at radius 3 is 2.59 bits per heavy atom. The molecule has 1 aromatic heterocycles. The first-order valence-electron chi connectivity index (χ1n) is 5.54. The summed E-state index contributed by atoms with van der Waals surface area (Å²) >= 11 is 1.29. The second-order valence-electron chi connectivity index (χ2n) is 4.27. The van der Waals surface area contributed by atoms with E-state index in [9.17, 15) is 8.42 Å². The molecule has 98 valence electrons. The molecule has 0 saturated heterocycles. The zero-order valence-corrected chi connectivity index (χ0v) is 12.0. The first-order valence-corrected chi connectivity index (χ1v) is 7.84. The van der Waals surface area contributed by atoms with Gasteiger partial charge in [0, 0.05) is 18.0 Å². The maximum absolute atomic E-state index is 11.9. The Morgan fingerprint density at radius 1 is 1.47 bits per heavy atom. The second kappa shape index (κ2) is 5.95. The molecule has 0 aromatic carbocycles. The number of hydrogen-bond donors (Lipinski definition) is 2. The summed E-state index contributed by atoms with van der Waals surface area (Å²) in [6.07, 6.45) is 0.602. The largest absolute Gasteiger partial charge is 0.396 e. The summed E-state index contributed by atoms with van der Waals surface area (Å²) in [5.41, 5.74) is 0.999. The molecule has 0 spiro atoms. The van der Waals surface area contributed by atoms with Crippen LogP contribution in [0, 0.1) is 19.8 Å². The SMILES string of the molecule is Cc1cc(S(=O)(=O)NCC(C)CCO)sc1C. The molecule has 0 aliphatic carbocycles. The highest BCUT2D eigenvalue weighted by atomic mass is 32.2. The maximum atomic E-state index is 11.9. The van der Waals surface area contributed by atoms with Crippen molar-refractivity contribution in [2.75, 3.05) is 13.2 Å². The van der Waals surface area contributed by atoms with Gasteiger partial charge in [-0.3, -0.25) is 0 Å². The van der Waals surface area contributed by atoms with Crippen LogP contribution in [-0.4, -0.2) is 26.7 Å². The summed E-state index contributed by atoms with van der Waals surface area (Å²) in [7, 11) is -3.39. The van der Waals surface area contributed by atoms with E-state index in [1.165, 1.54) is 11.3 Å². The number of hydrogen-bond acceptors (Lipinski definition) is 4. The van der Waals surface area contributed by atoms with E-state index in [1.807, 2.05) is 20.8 Å². The molecule has 1 heterocycles. The zero-order valence-electron chi connectivity index (χ0n) is 10.4. The van der Waals surface area contributed by atoms with Crippen molar-refractivity contribution in [2.45, 2.75) is 31.4 Å². The lowest BCUT2D eigenvalue weighted by Gasteiger charge is -2.10. The van der Waals surface area contributed by atoms with Crippen molar-refractivity contribution >= 4 is 21.4 Å². The summed E-state index contributed by atoms with van der Waals surface area (Å²) in [4.78, 5) is 1.02. The van der Waals surface area contributed by atoms with Gasteiger partial charge in [0.2, 0.25) is 10.0 Å². The van der Waals surface area contributed by atoms with Crippen LogP contribution in [0.2, 0.25) is 0 Å². The molecular formula is C11H19NO3S2. The fraction of sp³-hybridized carbons (Fsp3) is 0.636. The monoisotopic (exact) mass is 277 g/mol. The molecule has 1 rings (SSSR count). The van der Waals surface area contributed by atoms with Gasteiger partial charge in [0.25, 0.3) is 0 Å². The lowest BCUT2D eigenvalue weighted by Crippen LogP contribution is -2.28. The fourth-order valence-electron chi connectivity index (χ4n) is 1.32. The van der Waals surface area contributed by atoms with Crippen molar-refractivity contribution < 1.29 is 13.5 Å². The van der Waals surface area contributed by atoms with Crippen LogP contribution in [-0.2, 0) is 10.0 Å². The second-order valence-corrected chi connectivity index (χ2v) is 7.52. The predicted molar refractivity (Wildman–Crippen MR) is 69.8 cm³/mol. The highest BCUT2D eigenvalue weighted by Crippen LogP contribution is 2.24. The quantitative estimate of drug-likeness (QED) is 0.831. The van der Waals surface area contributed by atoms with Crippen LogP contribution in [0.5, 0.6) is 0 Å². The molecule has 0 bridgehead atoms. The summed E-state index contributed by atoms with van der Waals surface area (Å²) in [5, 5.41) is 8.75. The molecule has 1 unspecified atom stereocenters. The lowest BCUT2D eigenvalue weighted by molar-refractivity contribution is 0.263. The van der Waals surface area contributed by atoms with E-state index in [4.69, 9.17) is 5.11 Å². The Kier molecular flexibility index (Phi) is 5.12. The van der Waals surface area contributed by atoms with Gasteiger partial charge in [-0.05, 0) is 37.8 Å². The Balaban J connectivity index is 2.69. The van der Waals surface area contributed by atoms with Crippen molar-refractivity contribution in [3.05, 3.63) is 16.5 Å². The number of nitrogens with one attached hydrogen (secondary N) is 1. The third kappa shape index (κ3) is 4.06. The Morgan fingerprint density at radius 2 is 2.12 bits per heavy atom. The molecule has 0 saturated carbocycles. The predicted octanol–water partition coefficient (Wildman–Crippen LogP) is 1.66. The number of aliphatic hydroxyl groups is 1. The van der Waals surface area contributed by atoms with Gasteiger partial charge in [0.05, 0.1) is 0 Å². The van der Waals surface area contributed by atoms with Crippen molar-refractivity contribution in [1.29, 1.82) is 0 Å². The average molecular weight is 277 g/mol. The van der Waals surface area contributed by atoms with E-state index in [1.54, 1.807) is 6.07 Å². The van der Waals surface area contributed by atoms with Gasteiger partial charge in [-0.15, -0.1) is 11.3 Å². The minimum Gasteiger partial charge on any atom is -0.396 e. The van der Waals surface area contributed by atoms with E-state index in [-0.39, 0.29) is 12.5 Å². The third-order valence-electron chi connectivity index (χ3n) is 2.65. The van der Waals surface area contributed by atoms with Crippen LogP contribution in [0.4, 0.5) is 0 Å². The number of rotatable bonds is 6. The standard InChI is InChI=1S/C11H19NO3S2/c1-8(4-5-13)7-12-17(14,15)11-6-9(2)10(3)16-11/h6,8,12-13H,4-5,7H2,1-3H3. The van der Waals surface area contributed by atoms with Crippen LogP contribution in [0.3, 0.4) is 0 Å². The molecule has 4 nitrogen and oxygen atoms in total. The van der Waals surface area contributed by atoms with Gasteiger partial charge in [-0.2, -0.15) is 0 Å². The third-order valence-corrected chi connectivity index (χ3v) is 5.70. The first-order chi connectivity index (χ1) is 7.86. The molecule has 6 heteroatoms. The zero-order chi connectivity index (χ0) is 13.1. The van der Waals surface area contributed by atoms with Gasteiger partial charge >= 0.3 is 0 Å². The van der Waals surface area contributed by atoms with Gasteiger partial charge in [0.1, 0.15) is 4.21 Å². The normalized spacial score (nSPS) is 13.9. The molecule has 0 aliphatic heterocycles. The Bertz CT molecular complexity index is 446. The van der Waals surface area contributed by atoms with E-state index in [0.717, 1.165) is 10.4 Å². The summed E-state index contributed by atoms with van der Waals surface area (Å²) < 4.78 is 26.8. The number of thiophene rings is 1. The highest BCUT2D eigenvalue weighted by molar-refractivity contribution is 7.91. The summed E-state index contributed by atoms with van der Waals surface area (Å²) in [6.45, 7) is 6.16. The van der Waals surface area contributed by atoms with Gasteiger partial charge < -0.3 is 5.11 Å². The molecule has 1 aromatic rings. The number of aryl methyl sites for hydroxylation is 2. The summed E-state index contributed by atoms with van der Waals surface area (Å²) in [5.74, 6) is 0.136. The van der Waals surface area contributed by atoms with Crippen molar-refractivity contribution in [3.8, 4) is 0 Å². The van der Waals surface area contributed by atoms with Crippen LogP contribution < -0.4 is 4.72 Å². The summed E-state index contributed by atoms with van der Waals surface area (Å²) in [6, 6.07) is 1.69. The molecule has 0 radical (unpaired) electrons. The van der Waals surface area contributed by atoms with Crippen molar-refractivity contribution in [1.82, 2.24) is 4.72 Å². The topological polar surface area (TPSA) is 66.4 Å². The maximum Gasteiger partial charge on any atom is 0.250 e. The van der Waals surface area contributed by atoms with E-state index >= 15 is 0 Å². The Hall–Kier alpha value is -0.430. The van der Waals surface area contributed by atoms with Gasteiger partial charge in [-0.1, -0.05) is 6.92 Å². The Labute approximate surface area is 107 Å². The minimum atomic E-state index is -3.39.